The van der Waals surface area contributed by atoms with Crippen LogP contribution in [0.2, 0.25) is 10.0 Å². The van der Waals surface area contributed by atoms with Crippen LogP contribution in [-0.4, -0.2) is 48.2 Å². The predicted molar refractivity (Wildman–Crippen MR) is 164 cm³/mol. The van der Waals surface area contributed by atoms with E-state index >= 15 is 0 Å². The zero-order chi connectivity index (χ0) is 36.4. The lowest BCUT2D eigenvalue weighted by atomic mass is 10.0. The number of carbonyl (C=O) groups excluding carboxylic acids is 2. The number of nitriles is 1. The highest BCUT2D eigenvalue weighted by Gasteiger charge is 2.37. The summed E-state index contributed by atoms with van der Waals surface area (Å²) in [5, 5.41) is 28.9. The number of carbonyl (C=O) groups is 2. The zero-order valence-corrected chi connectivity index (χ0v) is 26.6. The smallest absolute Gasteiger partial charge is 0.406 e. The molecule has 0 spiro atoms. The summed E-state index contributed by atoms with van der Waals surface area (Å²) in [6.45, 7) is 0.919. The van der Waals surface area contributed by atoms with Crippen molar-refractivity contribution in [3.63, 3.8) is 0 Å². The number of aromatic nitrogens is 6. The fraction of sp³-hybridized carbons (Fsp3) is 0.167. The standard InChI is InChI=1S/C30H19Cl2F6N9O3/c1-15-9-17(12-39)10-20(26(48)40-13-16-5-7-19(8-6-16)50-30(36,37)38)24(15)41-27(49)23-11-18(14-46-44-28(42-45-46)29(33,34)35)43-47(23)25-21(31)3-2-4-22(25)32/h2-11H,13-14H2,1H3,(H,40,48)(H,41,49). The van der Waals surface area contributed by atoms with Gasteiger partial charge in [-0.05, 0) is 65.7 Å². The van der Waals surface area contributed by atoms with E-state index in [1.807, 2.05) is 6.07 Å². The summed E-state index contributed by atoms with van der Waals surface area (Å²) in [6.07, 6.45) is -9.74. The second-order valence-corrected chi connectivity index (χ2v) is 11.1. The Morgan fingerprint density at radius 1 is 0.960 bits per heavy atom. The van der Waals surface area contributed by atoms with Gasteiger partial charge in [0.2, 0.25) is 0 Å². The number of ether oxygens (including phenoxy) is 1. The maximum atomic E-state index is 13.9. The van der Waals surface area contributed by atoms with Gasteiger partial charge in [0, 0.05) is 6.54 Å². The van der Waals surface area contributed by atoms with E-state index in [4.69, 9.17) is 23.2 Å². The van der Waals surface area contributed by atoms with Gasteiger partial charge in [0.05, 0.1) is 38.6 Å². The van der Waals surface area contributed by atoms with Gasteiger partial charge in [0.25, 0.3) is 17.6 Å². The molecule has 0 radical (unpaired) electrons. The van der Waals surface area contributed by atoms with Gasteiger partial charge in [-0.3, -0.25) is 9.59 Å². The highest BCUT2D eigenvalue weighted by molar-refractivity contribution is 6.37. The number of para-hydroxylation sites is 1. The monoisotopic (exact) mass is 737 g/mol. The van der Waals surface area contributed by atoms with Gasteiger partial charge in [0.1, 0.15) is 23.7 Å². The van der Waals surface area contributed by atoms with Crippen molar-refractivity contribution in [1.29, 1.82) is 5.26 Å². The number of tetrazole rings is 1. The molecule has 0 aliphatic carbocycles. The molecule has 258 valence electrons. The lowest BCUT2D eigenvalue weighted by Crippen LogP contribution is -2.26. The molecule has 0 atom stereocenters. The van der Waals surface area contributed by atoms with Crippen LogP contribution in [0.15, 0.2) is 60.7 Å². The summed E-state index contributed by atoms with van der Waals surface area (Å²) in [5.41, 5.74) is 0.451. The average molecular weight is 738 g/mol. The number of anilines is 1. The first kappa shape index (κ1) is 35.6. The number of hydrogen-bond acceptors (Lipinski definition) is 8. The molecule has 0 unspecified atom stereocenters. The quantitative estimate of drug-likeness (QED) is 0.163. The molecule has 2 N–H and O–H groups in total. The molecule has 5 rings (SSSR count). The molecule has 0 saturated heterocycles. The Labute approximate surface area is 287 Å². The Morgan fingerprint density at radius 3 is 2.24 bits per heavy atom. The highest BCUT2D eigenvalue weighted by atomic mass is 35.5. The Kier molecular flexibility index (Phi) is 10.0. The lowest BCUT2D eigenvalue weighted by molar-refractivity contribution is -0.274. The van der Waals surface area contributed by atoms with Crippen LogP contribution < -0.4 is 15.4 Å². The SMILES string of the molecule is Cc1cc(C#N)cc(C(=O)NCc2ccc(OC(F)(F)F)cc2)c1NC(=O)c1cc(Cn2nnc(C(F)(F)F)n2)nn1-c1c(Cl)cccc1Cl. The summed E-state index contributed by atoms with van der Waals surface area (Å²) in [4.78, 5) is 27.9. The summed E-state index contributed by atoms with van der Waals surface area (Å²) >= 11 is 12.8. The van der Waals surface area contributed by atoms with Gasteiger partial charge < -0.3 is 15.4 Å². The molecule has 2 aromatic heterocycles. The van der Waals surface area contributed by atoms with Crippen LogP contribution in [0.25, 0.3) is 5.69 Å². The molecule has 0 saturated carbocycles. The maximum absolute atomic E-state index is 13.9. The van der Waals surface area contributed by atoms with E-state index in [0.29, 0.717) is 15.9 Å². The van der Waals surface area contributed by atoms with E-state index in [9.17, 15) is 41.2 Å². The van der Waals surface area contributed by atoms with E-state index in [2.05, 4.69) is 35.9 Å². The number of nitrogens with one attached hydrogen (secondary N) is 2. The second-order valence-electron chi connectivity index (χ2n) is 10.3. The van der Waals surface area contributed by atoms with Crippen molar-refractivity contribution in [1.82, 2.24) is 35.3 Å². The van der Waals surface area contributed by atoms with Crippen molar-refractivity contribution in [3.8, 4) is 17.5 Å². The van der Waals surface area contributed by atoms with Crippen molar-refractivity contribution in [3.05, 3.63) is 110 Å². The highest BCUT2D eigenvalue weighted by Crippen LogP contribution is 2.31. The van der Waals surface area contributed by atoms with Crippen LogP contribution >= 0.6 is 23.2 Å². The third-order valence-corrected chi connectivity index (χ3v) is 7.32. The Balaban J connectivity index is 1.46. The number of halogens is 8. The molecule has 50 heavy (non-hydrogen) atoms. The minimum atomic E-state index is -4.88. The van der Waals surface area contributed by atoms with Gasteiger partial charge >= 0.3 is 12.5 Å². The van der Waals surface area contributed by atoms with Crippen molar-refractivity contribution < 1.29 is 40.7 Å². The second kappa shape index (κ2) is 14.1. The summed E-state index contributed by atoms with van der Waals surface area (Å²) in [7, 11) is 0. The molecule has 20 heteroatoms. The number of alkyl halides is 6. The first-order valence-electron chi connectivity index (χ1n) is 13.9. The number of benzene rings is 3. The topological polar surface area (TPSA) is 153 Å². The minimum absolute atomic E-state index is 0.00145. The maximum Gasteiger partial charge on any atom is 0.573 e. The fourth-order valence-electron chi connectivity index (χ4n) is 4.56. The van der Waals surface area contributed by atoms with Crippen molar-refractivity contribution >= 4 is 40.7 Å². The third kappa shape index (κ3) is 8.30. The van der Waals surface area contributed by atoms with E-state index in [1.54, 1.807) is 0 Å². The van der Waals surface area contributed by atoms with Gasteiger partial charge in [0.15, 0.2) is 0 Å². The minimum Gasteiger partial charge on any atom is -0.406 e. The first-order valence-corrected chi connectivity index (χ1v) is 14.7. The number of nitrogens with zero attached hydrogens (tertiary/aromatic N) is 7. The molecule has 2 amide bonds. The zero-order valence-electron chi connectivity index (χ0n) is 25.1. The molecule has 2 heterocycles. The molecule has 3 aromatic carbocycles. The van der Waals surface area contributed by atoms with Gasteiger partial charge in [-0.15, -0.1) is 23.4 Å². The summed E-state index contributed by atoms with van der Waals surface area (Å²) < 4.78 is 81.5. The van der Waals surface area contributed by atoms with Crippen LogP contribution in [0.5, 0.6) is 5.75 Å². The number of rotatable bonds is 9. The number of amides is 2. The Morgan fingerprint density at radius 2 is 1.64 bits per heavy atom. The molecule has 0 aliphatic heterocycles. The van der Waals surface area contributed by atoms with Crippen LogP contribution in [-0.2, 0) is 19.3 Å². The average Bonchev–Trinajstić information content (AvgIpc) is 3.68. The number of aryl methyl sites for hydroxylation is 1. The van der Waals surface area contributed by atoms with Crippen molar-refractivity contribution in [2.45, 2.75) is 32.6 Å². The van der Waals surface area contributed by atoms with Crippen molar-refractivity contribution in [2.75, 3.05) is 5.32 Å². The van der Waals surface area contributed by atoms with E-state index in [-0.39, 0.29) is 50.5 Å². The molecular weight excluding hydrogens is 719 g/mol. The molecule has 12 nitrogen and oxygen atoms in total. The van der Waals surface area contributed by atoms with Crippen LogP contribution in [0.1, 0.15) is 49.1 Å². The molecule has 5 aromatic rings. The molecule has 0 bridgehead atoms. The van der Waals surface area contributed by atoms with Gasteiger partial charge in [-0.2, -0.15) is 28.3 Å². The van der Waals surface area contributed by atoms with E-state index in [1.165, 1.54) is 55.5 Å². The Bertz CT molecular complexity index is 2100. The lowest BCUT2D eigenvalue weighted by Gasteiger charge is -2.16. The Hall–Kier alpha value is -5.67. The van der Waals surface area contributed by atoms with Crippen molar-refractivity contribution in [2.24, 2.45) is 0 Å². The molecule has 0 fully saturated rings. The number of hydrogen-bond donors (Lipinski definition) is 2. The summed E-state index contributed by atoms with van der Waals surface area (Å²) in [5.74, 6) is -3.57. The normalized spacial score (nSPS) is 11.6. The fourth-order valence-corrected chi connectivity index (χ4v) is 5.12. The summed E-state index contributed by atoms with van der Waals surface area (Å²) in [6, 6.07) is 15.0. The van der Waals surface area contributed by atoms with E-state index < -0.39 is 42.5 Å². The first-order chi connectivity index (χ1) is 23.5. The predicted octanol–water partition coefficient (Wildman–Crippen LogP) is 6.49. The van der Waals surface area contributed by atoms with Gasteiger partial charge in [-0.25, -0.2) is 4.68 Å². The van der Waals surface area contributed by atoms with Crippen LogP contribution in [0.4, 0.5) is 32.0 Å². The molecule has 0 aliphatic rings. The largest absolute Gasteiger partial charge is 0.573 e. The van der Waals surface area contributed by atoms with Gasteiger partial charge in [-0.1, -0.05) is 41.4 Å². The molecular formula is C30H19Cl2F6N9O3. The van der Waals surface area contributed by atoms with Crippen LogP contribution in [0, 0.1) is 18.3 Å². The third-order valence-electron chi connectivity index (χ3n) is 6.71. The van der Waals surface area contributed by atoms with E-state index in [0.717, 1.165) is 16.8 Å². The van der Waals surface area contributed by atoms with Crippen LogP contribution in [0.3, 0.4) is 0 Å².